The van der Waals surface area contributed by atoms with E-state index in [1.807, 2.05) is 13.8 Å². The first-order valence-corrected chi connectivity index (χ1v) is 6.27. The SMILES string of the molecule is CCNC(C)(C#N)CC(C)N(C)CC(C)OC. The second-order valence-electron chi connectivity index (χ2n) is 5.01. The standard InChI is InChI=1S/C13H27N3O/c1-7-15-13(4,10-14)8-11(2)16(5)9-12(3)17-6/h11-12,15H,7-9H2,1-6H3. The third kappa shape index (κ3) is 6.02. The van der Waals surface area contributed by atoms with Crippen molar-refractivity contribution >= 4 is 0 Å². The summed E-state index contributed by atoms with van der Waals surface area (Å²) in [4.78, 5) is 2.24. The van der Waals surface area contributed by atoms with Gasteiger partial charge in [-0.1, -0.05) is 6.92 Å². The molecular formula is C13H27N3O. The average molecular weight is 241 g/mol. The van der Waals surface area contributed by atoms with Gasteiger partial charge in [0.25, 0.3) is 0 Å². The summed E-state index contributed by atoms with van der Waals surface area (Å²) in [5, 5.41) is 12.5. The molecule has 0 fully saturated rings. The van der Waals surface area contributed by atoms with Gasteiger partial charge >= 0.3 is 0 Å². The van der Waals surface area contributed by atoms with Crippen LogP contribution in [0, 0.1) is 11.3 Å². The molecule has 0 saturated carbocycles. The Bertz CT molecular complexity index is 252. The molecule has 0 aliphatic rings. The van der Waals surface area contributed by atoms with E-state index in [1.165, 1.54) is 0 Å². The predicted molar refractivity (Wildman–Crippen MR) is 70.9 cm³/mol. The van der Waals surface area contributed by atoms with Gasteiger partial charge in [0, 0.05) is 19.7 Å². The number of hydrogen-bond acceptors (Lipinski definition) is 4. The first-order valence-electron chi connectivity index (χ1n) is 6.27. The lowest BCUT2D eigenvalue weighted by Crippen LogP contribution is -2.47. The van der Waals surface area contributed by atoms with E-state index in [1.54, 1.807) is 7.11 Å². The molecule has 17 heavy (non-hydrogen) atoms. The molecule has 0 bridgehead atoms. The minimum Gasteiger partial charge on any atom is -0.380 e. The summed E-state index contributed by atoms with van der Waals surface area (Å²) < 4.78 is 5.25. The predicted octanol–water partition coefficient (Wildman–Crippen LogP) is 1.62. The van der Waals surface area contributed by atoms with E-state index in [0.29, 0.717) is 6.04 Å². The fourth-order valence-corrected chi connectivity index (χ4v) is 1.95. The van der Waals surface area contributed by atoms with Crippen LogP contribution in [0.15, 0.2) is 0 Å². The zero-order chi connectivity index (χ0) is 13.5. The van der Waals surface area contributed by atoms with E-state index in [-0.39, 0.29) is 6.10 Å². The van der Waals surface area contributed by atoms with Gasteiger partial charge in [0.2, 0.25) is 0 Å². The molecule has 0 aliphatic heterocycles. The molecule has 3 unspecified atom stereocenters. The highest BCUT2D eigenvalue weighted by molar-refractivity contribution is 5.05. The summed E-state index contributed by atoms with van der Waals surface area (Å²) >= 11 is 0. The van der Waals surface area contributed by atoms with Gasteiger partial charge in [-0.2, -0.15) is 5.26 Å². The molecule has 0 rings (SSSR count). The molecule has 0 spiro atoms. The van der Waals surface area contributed by atoms with Gasteiger partial charge in [0.1, 0.15) is 5.54 Å². The lowest BCUT2D eigenvalue weighted by molar-refractivity contribution is 0.0694. The van der Waals surface area contributed by atoms with Crippen molar-refractivity contribution < 1.29 is 4.74 Å². The third-order valence-electron chi connectivity index (χ3n) is 3.22. The highest BCUT2D eigenvalue weighted by Crippen LogP contribution is 2.15. The van der Waals surface area contributed by atoms with Crippen LogP contribution in [0.2, 0.25) is 0 Å². The van der Waals surface area contributed by atoms with E-state index in [4.69, 9.17) is 4.74 Å². The number of nitriles is 1. The van der Waals surface area contributed by atoms with Crippen LogP contribution in [-0.2, 0) is 4.74 Å². The maximum Gasteiger partial charge on any atom is 0.105 e. The van der Waals surface area contributed by atoms with Crippen molar-refractivity contribution in [2.75, 3.05) is 27.2 Å². The molecule has 0 aliphatic carbocycles. The second-order valence-corrected chi connectivity index (χ2v) is 5.01. The van der Waals surface area contributed by atoms with Crippen molar-refractivity contribution in [3.8, 4) is 6.07 Å². The molecule has 0 radical (unpaired) electrons. The van der Waals surface area contributed by atoms with Crippen LogP contribution in [0.3, 0.4) is 0 Å². The van der Waals surface area contributed by atoms with Crippen LogP contribution in [-0.4, -0.2) is 49.8 Å². The summed E-state index contributed by atoms with van der Waals surface area (Å²) in [6.45, 7) is 9.88. The molecule has 0 aromatic rings. The van der Waals surface area contributed by atoms with Crippen molar-refractivity contribution in [3.05, 3.63) is 0 Å². The molecule has 0 amide bonds. The molecule has 0 saturated heterocycles. The number of nitrogens with one attached hydrogen (secondary N) is 1. The summed E-state index contributed by atoms with van der Waals surface area (Å²) in [6, 6.07) is 2.71. The normalized spacial score (nSPS) is 18.5. The van der Waals surface area contributed by atoms with Crippen LogP contribution in [0.1, 0.15) is 34.1 Å². The van der Waals surface area contributed by atoms with Gasteiger partial charge in [0.15, 0.2) is 0 Å². The lowest BCUT2D eigenvalue weighted by Gasteiger charge is -2.32. The van der Waals surface area contributed by atoms with Gasteiger partial charge in [-0.05, 0) is 40.8 Å². The lowest BCUT2D eigenvalue weighted by atomic mass is 9.94. The minimum atomic E-state index is -0.446. The van der Waals surface area contributed by atoms with E-state index in [2.05, 4.69) is 37.2 Å². The summed E-state index contributed by atoms with van der Waals surface area (Å²) in [5.74, 6) is 0. The fourth-order valence-electron chi connectivity index (χ4n) is 1.95. The Morgan fingerprint density at radius 2 is 2.06 bits per heavy atom. The maximum absolute atomic E-state index is 9.22. The number of hydrogen-bond donors (Lipinski definition) is 1. The Labute approximate surface area is 106 Å². The fraction of sp³-hybridized carbons (Fsp3) is 0.923. The third-order valence-corrected chi connectivity index (χ3v) is 3.22. The molecule has 1 N–H and O–H groups in total. The van der Waals surface area contributed by atoms with E-state index in [9.17, 15) is 5.26 Å². The number of ether oxygens (including phenoxy) is 1. The minimum absolute atomic E-state index is 0.218. The molecule has 0 aromatic heterocycles. The van der Waals surface area contributed by atoms with Crippen LogP contribution in [0.5, 0.6) is 0 Å². The first kappa shape index (κ1) is 16.4. The molecule has 0 heterocycles. The summed E-state index contributed by atoms with van der Waals surface area (Å²) in [6.07, 6.45) is 1.03. The van der Waals surface area contributed by atoms with Crippen molar-refractivity contribution in [1.29, 1.82) is 5.26 Å². The first-order chi connectivity index (χ1) is 7.88. The van der Waals surface area contributed by atoms with Crippen LogP contribution < -0.4 is 5.32 Å². The number of nitrogens with zero attached hydrogens (tertiary/aromatic N) is 2. The van der Waals surface area contributed by atoms with Crippen molar-refractivity contribution in [3.63, 3.8) is 0 Å². The molecule has 4 nitrogen and oxygen atoms in total. The molecule has 3 atom stereocenters. The molecule has 100 valence electrons. The Kier molecular flexibility index (Phi) is 7.37. The monoisotopic (exact) mass is 241 g/mol. The van der Waals surface area contributed by atoms with Gasteiger partial charge in [-0.25, -0.2) is 0 Å². The molecular weight excluding hydrogens is 214 g/mol. The van der Waals surface area contributed by atoms with Gasteiger partial charge in [-0.15, -0.1) is 0 Å². The van der Waals surface area contributed by atoms with Gasteiger partial charge < -0.3 is 9.64 Å². The van der Waals surface area contributed by atoms with E-state index < -0.39 is 5.54 Å². The Balaban J connectivity index is 4.31. The number of likely N-dealkylation sites (N-methyl/N-ethyl adjacent to an activating group) is 1. The highest BCUT2D eigenvalue weighted by Gasteiger charge is 2.27. The number of methoxy groups -OCH3 is 1. The smallest absolute Gasteiger partial charge is 0.105 e. The quantitative estimate of drug-likeness (QED) is 0.701. The largest absolute Gasteiger partial charge is 0.380 e. The molecule has 4 heteroatoms. The summed E-state index contributed by atoms with van der Waals surface area (Å²) in [5.41, 5.74) is -0.446. The van der Waals surface area contributed by atoms with Gasteiger partial charge in [0.05, 0.1) is 12.2 Å². The zero-order valence-corrected chi connectivity index (χ0v) is 12.1. The second kappa shape index (κ2) is 7.65. The van der Waals surface area contributed by atoms with Crippen molar-refractivity contribution in [1.82, 2.24) is 10.2 Å². The Hall–Kier alpha value is -0.630. The van der Waals surface area contributed by atoms with Crippen molar-refractivity contribution in [2.24, 2.45) is 0 Å². The average Bonchev–Trinajstić information content (AvgIpc) is 2.28. The maximum atomic E-state index is 9.22. The number of rotatable bonds is 8. The van der Waals surface area contributed by atoms with Crippen molar-refractivity contribution in [2.45, 2.75) is 51.8 Å². The van der Waals surface area contributed by atoms with Crippen LogP contribution in [0.4, 0.5) is 0 Å². The topological polar surface area (TPSA) is 48.3 Å². The highest BCUT2D eigenvalue weighted by atomic mass is 16.5. The zero-order valence-electron chi connectivity index (χ0n) is 12.1. The Morgan fingerprint density at radius 3 is 2.47 bits per heavy atom. The van der Waals surface area contributed by atoms with Crippen LogP contribution in [0.25, 0.3) is 0 Å². The Morgan fingerprint density at radius 1 is 1.47 bits per heavy atom. The van der Waals surface area contributed by atoms with E-state index >= 15 is 0 Å². The molecule has 0 aromatic carbocycles. The van der Waals surface area contributed by atoms with Crippen LogP contribution >= 0.6 is 0 Å². The van der Waals surface area contributed by atoms with Gasteiger partial charge in [-0.3, -0.25) is 5.32 Å². The summed E-state index contributed by atoms with van der Waals surface area (Å²) in [7, 11) is 3.80. The van der Waals surface area contributed by atoms with E-state index in [0.717, 1.165) is 19.5 Å².